The Hall–Kier alpha value is -1.36. The number of thioether (sulfide) groups is 1. The lowest BCUT2D eigenvalue weighted by atomic mass is 10.0. The molecule has 110 valence electrons. The molecule has 0 aliphatic carbocycles. The second kappa shape index (κ2) is 7.43. The molecule has 1 heterocycles. The van der Waals surface area contributed by atoms with Crippen LogP contribution in [0.2, 0.25) is 0 Å². The summed E-state index contributed by atoms with van der Waals surface area (Å²) < 4.78 is 5.68. The first-order valence-electron chi connectivity index (χ1n) is 6.92. The molecule has 1 aliphatic rings. The minimum absolute atomic E-state index is 0.0147. The van der Waals surface area contributed by atoms with Gasteiger partial charge in [0.1, 0.15) is 12.4 Å². The second-order valence-corrected chi connectivity index (χ2v) is 6.02. The zero-order valence-electron chi connectivity index (χ0n) is 12.1. The Morgan fingerprint density at radius 1 is 1.50 bits per heavy atom. The average molecular weight is 294 g/mol. The molecule has 0 saturated heterocycles. The molecule has 0 fully saturated rings. The third-order valence-electron chi connectivity index (χ3n) is 3.40. The topological polar surface area (TPSA) is 41.6 Å². The highest BCUT2D eigenvalue weighted by molar-refractivity contribution is 7.98. The minimum Gasteiger partial charge on any atom is -0.491 e. The molecule has 2 amide bonds. The van der Waals surface area contributed by atoms with Crippen LogP contribution in [-0.4, -0.2) is 49.2 Å². The molecule has 1 atom stereocenters. The number of carbonyl (C=O) groups excluding carboxylic acids is 1. The van der Waals surface area contributed by atoms with Gasteiger partial charge in [0.25, 0.3) is 0 Å². The molecular formula is C15H22N2O2S. The number of benzene rings is 1. The highest BCUT2D eigenvalue weighted by Gasteiger charge is 2.22. The SMILES string of the molecule is CSCCCN(C)C(=O)N[C@@H]1COc2ccccc2C1. The third kappa shape index (κ3) is 4.07. The summed E-state index contributed by atoms with van der Waals surface area (Å²) in [4.78, 5) is 13.8. The van der Waals surface area contributed by atoms with Crippen molar-refractivity contribution in [1.82, 2.24) is 10.2 Å². The van der Waals surface area contributed by atoms with Gasteiger partial charge in [-0.05, 0) is 36.5 Å². The Kier molecular flexibility index (Phi) is 5.59. The number of para-hydroxylation sites is 1. The van der Waals surface area contributed by atoms with Crippen molar-refractivity contribution in [3.05, 3.63) is 29.8 Å². The summed E-state index contributed by atoms with van der Waals surface area (Å²) in [6, 6.07) is 8.04. The van der Waals surface area contributed by atoms with Crippen LogP contribution < -0.4 is 10.1 Å². The largest absolute Gasteiger partial charge is 0.491 e. The normalized spacial score (nSPS) is 17.0. The van der Waals surface area contributed by atoms with E-state index in [0.717, 1.165) is 36.5 Å². The standard InChI is InChI=1S/C15H22N2O2S/c1-17(8-5-9-20-2)15(18)16-13-10-12-6-3-4-7-14(12)19-11-13/h3-4,6-7,13H,5,8-11H2,1-2H3,(H,16,18)/t13-/m0/s1. The molecule has 1 N–H and O–H groups in total. The lowest BCUT2D eigenvalue weighted by molar-refractivity contribution is 0.189. The van der Waals surface area contributed by atoms with Crippen LogP contribution in [0.3, 0.4) is 0 Å². The summed E-state index contributed by atoms with van der Waals surface area (Å²) in [6.45, 7) is 1.33. The monoisotopic (exact) mass is 294 g/mol. The summed E-state index contributed by atoms with van der Waals surface area (Å²) in [7, 11) is 1.84. The van der Waals surface area contributed by atoms with Crippen LogP contribution in [0.15, 0.2) is 24.3 Å². The van der Waals surface area contributed by atoms with Gasteiger partial charge in [-0.1, -0.05) is 18.2 Å². The van der Waals surface area contributed by atoms with Gasteiger partial charge in [-0.3, -0.25) is 0 Å². The van der Waals surface area contributed by atoms with Crippen molar-refractivity contribution in [2.45, 2.75) is 18.9 Å². The fourth-order valence-electron chi connectivity index (χ4n) is 2.25. The van der Waals surface area contributed by atoms with Crippen molar-refractivity contribution in [2.75, 3.05) is 32.2 Å². The summed E-state index contributed by atoms with van der Waals surface area (Å²) >= 11 is 1.80. The third-order valence-corrected chi connectivity index (χ3v) is 4.09. The molecule has 0 bridgehead atoms. The molecule has 2 rings (SSSR count). The van der Waals surface area contributed by atoms with Crippen LogP contribution in [0.25, 0.3) is 0 Å². The van der Waals surface area contributed by atoms with Crippen LogP contribution in [0, 0.1) is 0 Å². The van der Waals surface area contributed by atoms with E-state index in [0.29, 0.717) is 6.61 Å². The maximum Gasteiger partial charge on any atom is 0.317 e. The number of nitrogens with zero attached hydrogens (tertiary/aromatic N) is 1. The number of ether oxygens (including phenoxy) is 1. The predicted molar refractivity (Wildman–Crippen MR) is 83.6 cm³/mol. The first-order chi connectivity index (χ1) is 9.70. The van der Waals surface area contributed by atoms with Crippen molar-refractivity contribution >= 4 is 17.8 Å². The molecule has 1 aliphatic heterocycles. The second-order valence-electron chi connectivity index (χ2n) is 5.04. The lowest BCUT2D eigenvalue weighted by Crippen LogP contribution is -2.48. The van der Waals surface area contributed by atoms with E-state index < -0.39 is 0 Å². The van der Waals surface area contributed by atoms with E-state index in [1.54, 1.807) is 16.7 Å². The van der Waals surface area contributed by atoms with Gasteiger partial charge in [0.15, 0.2) is 0 Å². The van der Waals surface area contributed by atoms with Gasteiger partial charge in [0, 0.05) is 13.6 Å². The van der Waals surface area contributed by atoms with Crippen LogP contribution in [-0.2, 0) is 6.42 Å². The first kappa shape index (κ1) is 15.0. The summed E-state index contributed by atoms with van der Waals surface area (Å²) in [5, 5.41) is 3.04. The molecule has 0 radical (unpaired) electrons. The van der Waals surface area contributed by atoms with E-state index in [9.17, 15) is 4.79 Å². The van der Waals surface area contributed by atoms with Gasteiger partial charge < -0.3 is 15.0 Å². The van der Waals surface area contributed by atoms with Crippen molar-refractivity contribution < 1.29 is 9.53 Å². The number of hydrogen-bond acceptors (Lipinski definition) is 3. The molecule has 0 unspecified atom stereocenters. The van der Waals surface area contributed by atoms with Crippen LogP contribution in [0.1, 0.15) is 12.0 Å². The van der Waals surface area contributed by atoms with E-state index in [1.165, 1.54) is 0 Å². The smallest absolute Gasteiger partial charge is 0.317 e. The van der Waals surface area contributed by atoms with Gasteiger partial charge in [-0.25, -0.2) is 4.79 Å². The van der Waals surface area contributed by atoms with E-state index in [4.69, 9.17) is 4.74 Å². The van der Waals surface area contributed by atoms with Gasteiger partial charge in [-0.15, -0.1) is 0 Å². The quantitative estimate of drug-likeness (QED) is 0.848. The fourth-order valence-corrected chi connectivity index (χ4v) is 2.67. The van der Waals surface area contributed by atoms with Gasteiger partial charge in [0.2, 0.25) is 0 Å². The number of hydrogen-bond donors (Lipinski definition) is 1. The van der Waals surface area contributed by atoms with Crippen LogP contribution >= 0.6 is 11.8 Å². The van der Waals surface area contributed by atoms with E-state index in [2.05, 4.69) is 17.6 Å². The Morgan fingerprint density at radius 2 is 2.30 bits per heavy atom. The number of fused-ring (bicyclic) bond motifs is 1. The van der Waals surface area contributed by atoms with Crippen molar-refractivity contribution in [3.63, 3.8) is 0 Å². The summed E-state index contributed by atoms with van der Waals surface area (Å²) in [6.07, 6.45) is 3.94. The molecular weight excluding hydrogens is 272 g/mol. The fraction of sp³-hybridized carbons (Fsp3) is 0.533. The zero-order valence-corrected chi connectivity index (χ0v) is 12.9. The highest BCUT2D eigenvalue weighted by atomic mass is 32.2. The van der Waals surface area contributed by atoms with Gasteiger partial charge in [0.05, 0.1) is 6.04 Å². The van der Waals surface area contributed by atoms with Crippen molar-refractivity contribution in [1.29, 1.82) is 0 Å². The lowest BCUT2D eigenvalue weighted by Gasteiger charge is -2.28. The van der Waals surface area contributed by atoms with Crippen LogP contribution in [0.5, 0.6) is 5.75 Å². The highest BCUT2D eigenvalue weighted by Crippen LogP contribution is 2.23. The van der Waals surface area contributed by atoms with Crippen LogP contribution in [0.4, 0.5) is 4.79 Å². The summed E-state index contributed by atoms with van der Waals surface area (Å²) in [5.74, 6) is 2.02. The molecule has 0 saturated carbocycles. The zero-order chi connectivity index (χ0) is 14.4. The number of carbonyl (C=O) groups is 1. The maximum absolute atomic E-state index is 12.1. The molecule has 1 aromatic rings. The minimum atomic E-state index is -0.0147. The Labute approximate surface area is 124 Å². The number of urea groups is 1. The summed E-state index contributed by atoms with van der Waals surface area (Å²) in [5.41, 5.74) is 1.16. The predicted octanol–water partition coefficient (Wildman–Crippen LogP) is 2.38. The number of amides is 2. The molecule has 0 aromatic heterocycles. The molecule has 1 aromatic carbocycles. The Balaban J connectivity index is 1.81. The van der Waals surface area contributed by atoms with Gasteiger partial charge >= 0.3 is 6.03 Å². The van der Waals surface area contributed by atoms with E-state index in [1.807, 2.05) is 25.2 Å². The molecule has 0 spiro atoms. The Bertz CT molecular complexity index is 453. The maximum atomic E-state index is 12.1. The van der Waals surface area contributed by atoms with Gasteiger partial charge in [-0.2, -0.15) is 11.8 Å². The molecule has 20 heavy (non-hydrogen) atoms. The first-order valence-corrected chi connectivity index (χ1v) is 8.31. The molecule has 5 heteroatoms. The Morgan fingerprint density at radius 3 is 3.10 bits per heavy atom. The van der Waals surface area contributed by atoms with E-state index >= 15 is 0 Å². The van der Waals surface area contributed by atoms with Crippen molar-refractivity contribution in [2.24, 2.45) is 0 Å². The van der Waals surface area contributed by atoms with Crippen molar-refractivity contribution in [3.8, 4) is 5.75 Å². The molecule has 4 nitrogen and oxygen atoms in total. The number of nitrogens with one attached hydrogen (secondary N) is 1. The number of rotatable bonds is 5. The average Bonchev–Trinajstić information content (AvgIpc) is 2.47. The van der Waals surface area contributed by atoms with E-state index in [-0.39, 0.29) is 12.1 Å².